The van der Waals surface area contributed by atoms with Crippen molar-refractivity contribution in [2.75, 3.05) is 0 Å². The Kier molecular flexibility index (Phi) is 5.61. The number of hydrogen-bond acceptors (Lipinski definition) is 2. The molecular weight excluding hydrogens is 399 g/mol. The average Bonchev–Trinajstić information content (AvgIpc) is 2.43. The second-order valence-corrected chi connectivity index (χ2v) is 7.46. The summed E-state index contributed by atoms with van der Waals surface area (Å²) in [5, 5.41) is 8.75. The molecular formula is C15H17F9O3. The van der Waals surface area contributed by atoms with Gasteiger partial charge in [0.1, 0.15) is 5.60 Å². The Hall–Kier alpha value is -1.36. The number of halogens is 9. The van der Waals surface area contributed by atoms with Gasteiger partial charge in [0.25, 0.3) is 0 Å². The zero-order chi connectivity index (χ0) is 20.8. The molecule has 0 aromatic carbocycles. The van der Waals surface area contributed by atoms with Gasteiger partial charge in [-0.05, 0) is 56.3 Å². The standard InChI is InChI=1S/C11H16O3.C4HF9/c12-10(13)14-11-4-7-1-8(5-11)3-9(2-7)6-11;5-1(6)2(7,8)3(9,10)4(11,12)13/h7-9H,1-6H2,(H,12,13);1H. The predicted octanol–water partition coefficient (Wildman–Crippen LogP) is 5.73. The van der Waals surface area contributed by atoms with E-state index in [9.17, 15) is 44.3 Å². The topological polar surface area (TPSA) is 46.5 Å². The van der Waals surface area contributed by atoms with E-state index in [1.54, 1.807) is 0 Å². The molecule has 0 amide bonds. The first-order valence-corrected chi connectivity index (χ1v) is 8.12. The van der Waals surface area contributed by atoms with Crippen LogP contribution in [0.4, 0.5) is 44.3 Å². The first-order chi connectivity index (χ1) is 12.1. The number of alkyl halides is 9. The Labute approximate surface area is 147 Å². The van der Waals surface area contributed by atoms with Crippen molar-refractivity contribution in [3.63, 3.8) is 0 Å². The Bertz CT molecular complexity index is 524. The van der Waals surface area contributed by atoms with Crippen molar-refractivity contribution in [3.8, 4) is 0 Å². The third-order valence-corrected chi connectivity index (χ3v) is 5.33. The Morgan fingerprint density at radius 1 is 0.889 bits per heavy atom. The average molecular weight is 416 g/mol. The maximum atomic E-state index is 11.6. The van der Waals surface area contributed by atoms with Crippen molar-refractivity contribution < 1.29 is 54.2 Å². The third-order valence-electron chi connectivity index (χ3n) is 5.33. The minimum atomic E-state index is -6.73. The summed E-state index contributed by atoms with van der Waals surface area (Å²) in [6, 6.07) is 0. The Morgan fingerprint density at radius 2 is 1.26 bits per heavy atom. The molecule has 158 valence electrons. The van der Waals surface area contributed by atoms with Gasteiger partial charge in [0.2, 0.25) is 0 Å². The predicted molar refractivity (Wildman–Crippen MR) is 72.0 cm³/mol. The molecule has 0 spiro atoms. The van der Waals surface area contributed by atoms with Crippen molar-refractivity contribution in [2.24, 2.45) is 17.8 Å². The van der Waals surface area contributed by atoms with Crippen LogP contribution in [-0.4, -0.2) is 41.3 Å². The van der Waals surface area contributed by atoms with Crippen molar-refractivity contribution in [2.45, 2.75) is 68.6 Å². The fraction of sp³-hybridized carbons (Fsp3) is 0.933. The number of ether oxygens (including phenoxy) is 1. The molecule has 0 aromatic heterocycles. The lowest BCUT2D eigenvalue weighted by molar-refractivity contribution is -0.375. The van der Waals surface area contributed by atoms with Gasteiger partial charge < -0.3 is 9.84 Å². The highest BCUT2D eigenvalue weighted by Gasteiger charge is 2.76. The molecule has 0 aromatic rings. The number of rotatable bonds is 3. The molecule has 0 saturated heterocycles. The monoisotopic (exact) mass is 416 g/mol. The van der Waals surface area contributed by atoms with E-state index in [1.165, 1.54) is 19.3 Å². The van der Waals surface area contributed by atoms with Gasteiger partial charge in [-0.1, -0.05) is 0 Å². The van der Waals surface area contributed by atoms with Crippen LogP contribution in [0.2, 0.25) is 0 Å². The van der Waals surface area contributed by atoms with E-state index >= 15 is 0 Å². The maximum Gasteiger partial charge on any atom is 0.506 e. The summed E-state index contributed by atoms with van der Waals surface area (Å²) in [4.78, 5) is 10.7. The number of hydrogen-bond donors (Lipinski definition) is 1. The largest absolute Gasteiger partial charge is 0.506 e. The Morgan fingerprint density at radius 3 is 1.48 bits per heavy atom. The molecule has 4 bridgehead atoms. The summed E-state index contributed by atoms with van der Waals surface area (Å²) >= 11 is 0. The van der Waals surface area contributed by atoms with Gasteiger partial charge >= 0.3 is 30.6 Å². The van der Waals surface area contributed by atoms with E-state index < -0.39 is 30.6 Å². The first kappa shape index (κ1) is 21.9. The van der Waals surface area contributed by atoms with E-state index in [-0.39, 0.29) is 5.60 Å². The minimum absolute atomic E-state index is 0.277. The van der Waals surface area contributed by atoms with E-state index in [0.717, 1.165) is 37.0 Å². The molecule has 1 N–H and O–H groups in total. The highest BCUT2D eigenvalue weighted by atomic mass is 19.4. The fourth-order valence-corrected chi connectivity index (χ4v) is 4.67. The van der Waals surface area contributed by atoms with Crippen molar-refractivity contribution in [1.82, 2.24) is 0 Å². The smallest absolute Gasteiger partial charge is 0.450 e. The van der Waals surface area contributed by atoms with E-state index in [0.29, 0.717) is 0 Å². The highest BCUT2D eigenvalue weighted by molar-refractivity contribution is 5.57. The molecule has 4 aliphatic carbocycles. The van der Waals surface area contributed by atoms with E-state index in [4.69, 9.17) is 9.84 Å². The fourth-order valence-electron chi connectivity index (χ4n) is 4.67. The SMILES string of the molecule is FC(F)C(F)(F)C(F)(F)C(F)(F)F.O=C(O)OC12CC3CC(CC(C3)C1)C2. The van der Waals surface area contributed by atoms with Gasteiger partial charge in [-0.2, -0.15) is 30.7 Å². The van der Waals surface area contributed by atoms with Crippen molar-refractivity contribution in [3.05, 3.63) is 0 Å². The zero-order valence-electron chi connectivity index (χ0n) is 13.7. The van der Waals surface area contributed by atoms with Crippen molar-refractivity contribution in [1.29, 1.82) is 0 Å². The van der Waals surface area contributed by atoms with Gasteiger partial charge in [-0.3, -0.25) is 0 Å². The lowest BCUT2D eigenvalue weighted by Gasteiger charge is -2.55. The second-order valence-electron chi connectivity index (χ2n) is 7.46. The van der Waals surface area contributed by atoms with Crippen molar-refractivity contribution >= 4 is 6.16 Å². The molecule has 27 heavy (non-hydrogen) atoms. The lowest BCUT2D eigenvalue weighted by atomic mass is 9.54. The van der Waals surface area contributed by atoms with Crippen LogP contribution >= 0.6 is 0 Å². The third kappa shape index (κ3) is 4.23. The minimum Gasteiger partial charge on any atom is -0.450 e. The van der Waals surface area contributed by atoms with Crippen LogP contribution in [-0.2, 0) is 4.74 Å². The molecule has 0 radical (unpaired) electrons. The summed E-state index contributed by atoms with van der Waals surface area (Å²) in [5.74, 6) is -10.9. The summed E-state index contributed by atoms with van der Waals surface area (Å²) in [6.07, 6.45) is -5.92. The van der Waals surface area contributed by atoms with Crippen LogP contribution < -0.4 is 0 Å². The summed E-state index contributed by atoms with van der Waals surface area (Å²) in [5.41, 5.74) is -0.277. The molecule has 3 nitrogen and oxygen atoms in total. The van der Waals surface area contributed by atoms with Crippen LogP contribution in [0.25, 0.3) is 0 Å². The molecule has 4 rings (SSSR count). The molecule has 0 aliphatic heterocycles. The quantitative estimate of drug-likeness (QED) is 0.472. The van der Waals surface area contributed by atoms with Crippen LogP contribution in [0, 0.1) is 17.8 Å². The highest BCUT2D eigenvalue weighted by Crippen LogP contribution is 2.57. The van der Waals surface area contributed by atoms with Gasteiger partial charge in [0.15, 0.2) is 0 Å². The molecule has 0 atom stereocenters. The Balaban J connectivity index is 0.000000195. The van der Waals surface area contributed by atoms with Gasteiger partial charge in [-0.15, -0.1) is 0 Å². The lowest BCUT2D eigenvalue weighted by Crippen LogP contribution is -2.55. The normalized spacial score (nSPS) is 32.9. The molecule has 4 saturated carbocycles. The molecule has 4 fully saturated rings. The van der Waals surface area contributed by atoms with Crippen LogP contribution in [0.1, 0.15) is 38.5 Å². The molecule has 0 unspecified atom stereocenters. The second kappa shape index (κ2) is 6.91. The van der Waals surface area contributed by atoms with E-state index in [1.807, 2.05) is 0 Å². The molecule has 4 aliphatic rings. The number of carboxylic acid groups (broad SMARTS) is 1. The van der Waals surface area contributed by atoms with Crippen LogP contribution in [0.3, 0.4) is 0 Å². The van der Waals surface area contributed by atoms with Gasteiger partial charge in [0, 0.05) is 0 Å². The van der Waals surface area contributed by atoms with Crippen LogP contribution in [0.5, 0.6) is 0 Å². The van der Waals surface area contributed by atoms with Crippen LogP contribution in [0.15, 0.2) is 0 Å². The summed E-state index contributed by atoms with van der Waals surface area (Å²) in [7, 11) is 0. The maximum absolute atomic E-state index is 11.6. The first-order valence-electron chi connectivity index (χ1n) is 8.12. The van der Waals surface area contributed by atoms with Gasteiger partial charge in [0.05, 0.1) is 0 Å². The zero-order valence-corrected chi connectivity index (χ0v) is 13.7. The van der Waals surface area contributed by atoms with E-state index in [2.05, 4.69) is 0 Å². The molecule has 0 heterocycles. The van der Waals surface area contributed by atoms with Gasteiger partial charge in [-0.25, -0.2) is 13.6 Å². The summed E-state index contributed by atoms with van der Waals surface area (Å²) < 4.78 is 107. The molecule has 12 heteroatoms. The number of carbonyl (C=O) groups is 1. The summed E-state index contributed by atoms with van der Waals surface area (Å²) in [6.45, 7) is 0.